The van der Waals surface area contributed by atoms with Crippen molar-refractivity contribution in [2.24, 2.45) is 17.8 Å². The molecule has 1 atom stereocenters. The molecule has 0 spiro atoms. The van der Waals surface area contributed by atoms with Gasteiger partial charge in [0.2, 0.25) is 5.91 Å². The average molecular weight is 566 g/mol. The lowest BCUT2D eigenvalue weighted by atomic mass is 9.74. The molecule has 0 bridgehead atoms. The second kappa shape index (κ2) is 11.0. The molecule has 0 radical (unpaired) electrons. The number of halogens is 3. The van der Waals surface area contributed by atoms with Crippen molar-refractivity contribution in [2.45, 2.75) is 50.3 Å². The minimum absolute atomic E-state index is 0.115. The zero-order chi connectivity index (χ0) is 28.6. The average Bonchev–Trinajstić information content (AvgIpc) is 3.42. The van der Waals surface area contributed by atoms with Crippen molar-refractivity contribution in [1.29, 1.82) is 0 Å². The summed E-state index contributed by atoms with van der Waals surface area (Å²) < 4.78 is 39.2. The van der Waals surface area contributed by atoms with Gasteiger partial charge in [-0.25, -0.2) is 9.97 Å². The predicted molar refractivity (Wildman–Crippen MR) is 148 cm³/mol. The number of rotatable bonds is 6. The van der Waals surface area contributed by atoms with Gasteiger partial charge in [-0.3, -0.25) is 9.78 Å². The molecule has 6 rings (SSSR count). The number of benzene rings is 1. The summed E-state index contributed by atoms with van der Waals surface area (Å²) in [6, 6.07) is 10.9. The molecule has 1 N–H and O–H groups in total. The molecule has 3 aromatic rings. The Labute approximate surface area is 237 Å². The SMILES string of the molecule is O=C(C1CN(c2cccc(C(F)(F)F)c2)C1)N1CCC(CC2CCC(O)(c3ccc(-c4ncccn4)cn3)CC2)C1. The summed E-state index contributed by atoms with van der Waals surface area (Å²) >= 11 is 0. The third kappa shape index (κ3) is 5.93. The molecule has 1 aromatic carbocycles. The number of hydrogen-bond acceptors (Lipinski definition) is 6. The molecule has 10 heteroatoms. The maximum atomic E-state index is 13.1. The Hall–Kier alpha value is -3.53. The summed E-state index contributed by atoms with van der Waals surface area (Å²) in [4.78, 5) is 29.9. The fraction of sp³-hybridized carbons (Fsp3) is 0.484. The van der Waals surface area contributed by atoms with Crippen molar-refractivity contribution in [3.63, 3.8) is 0 Å². The number of hydrogen-bond donors (Lipinski definition) is 1. The summed E-state index contributed by atoms with van der Waals surface area (Å²) in [5.41, 5.74) is 0.419. The van der Waals surface area contributed by atoms with Gasteiger partial charge in [-0.1, -0.05) is 6.07 Å². The summed E-state index contributed by atoms with van der Waals surface area (Å²) in [6.45, 7) is 2.39. The van der Waals surface area contributed by atoms with Crippen LogP contribution in [-0.2, 0) is 16.6 Å². The van der Waals surface area contributed by atoms with Gasteiger partial charge in [-0.15, -0.1) is 0 Å². The van der Waals surface area contributed by atoms with Crippen LogP contribution >= 0.6 is 0 Å². The third-order valence-electron chi connectivity index (χ3n) is 9.03. The Kier molecular flexibility index (Phi) is 7.44. The van der Waals surface area contributed by atoms with Crippen LogP contribution in [0.4, 0.5) is 18.9 Å². The lowest BCUT2D eigenvalue weighted by molar-refractivity contribution is -0.138. The van der Waals surface area contributed by atoms with Crippen molar-refractivity contribution >= 4 is 11.6 Å². The Balaban J connectivity index is 0.960. The van der Waals surface area contributed by atoms with Crippen LogP contribution in [0.15, 0.2) is 61.1 Å². The molecule has 1 unspecified atom stereocenters. The zero-order valence-electron chi connectivity index (χ0n) is 22.8. The Bertz CT molecular complexity index is 1350. The molecular formula is C31H34F3N5O2. The van der Waals surface area contributed by atoms with E-state index in [-0.39, 0.29) is 11.8 Å². The second-order valence-corrected chi connectivity index (χ2v) is 11.8. The van der Waals surface area contributed by atoms with E-state index in [9.17, 15) is 23.1 Å². The van der Waals surface area contributed by atoms with E-state index in [4.69, 9.17) is 0 Å². The molecule has 1 saturated carbocycles. The first kappa shape index (κ1) is 27.6. The monoisotopic (exact) mass is 565 g/mol. The van der Waals surface area contributed by atoms with Gasteiger partial charge in [-0.05, 0) is 86.8 Å². The first-order chi connectivity index (χ1) is 19.7. The minimum Gasteiger partial charge on any atom is -0.384 e. The maximum absolute atomic E-state index is 13.1. The standard InChI is InChI=1S/C31H34F3N5O2/c32-31(33,34)25-3-1-4-26(16-25)39-19-24(20-39)29(40)38-14-9-22(18-38)15-21-7-10-30(41,11-8-21)27-6-5-23(17-37-27)28-35-12-2-13-36-28/h1-6,12-13,16-17,21-22,24,41H,7-11,14-15,18-20H2. The van der Waals surface area contributed by atoms with Gasteiger partial charge in [-0.2, -0.15) is 13.2 Å². The van der Waals surface area contributed by atoms with E-state index in [1.165, 1.54) is 6.07 Å². The first-order valence-corrected chi connectivity index (χ1v) is 14.4. The van der Waals surface area contributed by atoms with Gasteiger partial charge in [0.25, 0.3) is 0 Å². The largest absolute Gasteiger partial charge is 0.416 e. The Morgan fingerprint density at radius 3 is 2.39 bits per heavy atom. The van der Waals surface area contributed by atoms with Crippen LogP contribution in [0.25, 0.3) is 11.4 Å². The summed E-state index contributed by atoms with van der Waals surface area (Å²) in [6.07, 6.45) is 5.90. The van der Waals surface area contributed by atoms with E-state index in [1.807, 2.05) is 21.9 Å². The number of anilines is 1. The fourth-order valence-corrected chi connectivity index (χ4v) is 6.58. The predicted octanol–water partition coefficient (Wildman–Crippen LogP) is 5.31. The molecule has 1 aliphatic carbocycles. The number of aliphatic hydroxyl groups is 1. The van der Waals surface area contributed by atoms with Crippen molar-refractivity contribution in [3.8, 4) is 11.4 Å². The van der Waals surface area contributed by atoms with Crippen molar-refractivity contribution in [2.75, 3.05) is 31.1 Å². The lowest BCUT2D eigenvalue weighted by Gasteiger charge is -2.41. The number of aromatic nitrogens is 3. The van der Waals surface area contributed by atoms with Crippen LogP contribution in [0.2, 0.25) is 0 Å². The van der Waals surface area contributed by atoms with Gasteiger partial charge in [0.05, 0.1) is 17.2 Å². The minimum atomic E-state index is -4.38. The van der Waals surface area contributed by atoms with E-state index in [0.717, 1.165) is 56.5 Å². The summed E-state index contributed by atoms with van der Waals surface area (Å²) in [5.74, 6) is 1.51. The number of carbonyl (C=O) groups is 1. The van der Waals surface area contributed by atoms with Crippen LogP contribution < -0.4 is 4.90 Å². The highest BCUT2D eigenvalue weighted by molar-refractivity contribution is 5.82. The maximum Gasteiger partial charge on any atom is 0.416 e. The molecule has 3 aliphatic rings. The molecule has 2 aromatic heterocycles. The van der Waals surface area contributed by atoms with Gasteiger partial charge >= 0.3 is 6.18 Å². The van der Waals surface area contributed by atoms with Crippen molar-refractivity contribution in [3.05, 3.63) is 72.3 Å². The highest BCUT2D eigenvalue weighted by atomic mass is 19.4. The van der Waals surface area contributed by atoms with Crippen LogP contribution in [0.5, 0.6) is 0 Å². The quantitative estimate of drug-likeness (QED) is 0.436. The highest BCUT2D eigenvalue weighted by Crippen LogP contribution is 2.42. The number of amides is 1. The summed E-state index contributed by atoms with van der Waals surface area (Å²) in [5, 5.41) is 11.3. The molecule has 41 heavy (non-hydrogen) atoms. The van der Waals surface area contributed by atoms with Crippen LogP contribution in [-0.4, -0.2) is 57.0 Å². The Morgan fingerprint density at radius 2 is 1.71 bits per heavy atom. The third-order valence-corrected chi connectivity index (χ3v) is 9.03. The number of likely N-dealkylation sites (tertiary alicyclic amines) is 1. The van der Waals surface area contributed by atoms with Crippen LogP contribution in [0.1, 0.15) is 49.8 Å². The molecule has 2 saturated heterocycles. The topological polar surface area (TPSA) is 82.5 Å². The molecule has 1 amide bonds. The number of carbonyl (C=O) groups excluding carboxylic acids is 1. The normalized spacial score (nSPS) is 25.3. The summed E-state index contributed by atoms with van der Waals surface area (Å²) in [7, 11) is 0. The van der Waals surface area contributed by atoms with E-state index in [1.54, 1.807) is 30.7 Å². The van der Waals surface area contributed by atoms with Gasteiger partial charge < -0.3 is 14.9 Å². The molecule has 3 fully saturated rings. The molecule has 216 valence electrons. The molecule has 7 nitrogen and oxygen atoms in total. The van der Waals surface area contributed by atoms with E-state index >= 15 is 0 Å². The molecule has 4 heterocycles. The highest BCUT2D eigenvalue weighted by Gasteiger charge is 2.41. The van der Waals surface area contributed by atoms with Crippen molar-refractivity contribution in [1.82, 2.24) is 19.9 Å². The molecule has 2 aliphatic heterocycles. The van der Waals surface area contributed by atoms with E-state index in [2.05, 4.69) is 15.0 Å². The smallest absolute Gasteiger partial charge is 0.384 e. The molecular weight excluding hydrogens is 531 g/mol. The fourth-order valence-electron chi connectivity index (χ4n) is 6.58. The van der Waals surface area contributed by atoms with E-state index in [0.29, 0.717) is 55.0 Å². The Morgan fingerprint density at radius 1 is 0.951 bits per heavy atom. The van der Waals surface area contributed by atoms with Gasteiger partial charge in [0, 0.05) is 56.0 Å². The number of pyridine rings is 1. The zero-order valence-corrected chi connectivity index (χ0v) is 22.8. The van der Waals surface area contributed by atoms with Gasteiger partial charge in [0.15, 0.2) is 5.82 Å². The second-order valence-electron chi connectivity index (χ2n) is 11.8. The van der Waals surface area contributed by atoms with E-state index < -0.39 is 17.3 Å². The van der Waals surface area contributed by atoms with Gasteiger partial charge in [0.1, 0.15) is 5.60 Å². The number of nitrogens with zero attached hydrogens (tertiary/aromatic N) is 5. The van der Waals surface area contributed by atoms with Crippen molar-refractivity contribution < 1.29 is 23.1 Å². The lowest BCUT2D eigenvalue weighted by Crippen LogP contribution is -2.54. The number of alkyl halides is 3. The first-order valence-electron chi connectivity index (χ1n) is 14.4. The van der Waals surface area contributed by atoms with Crippen LogP contribution in [0, 0.1) is 17.8 Å². The van der Waals surface area contributed by atoms with Crippen LogP contribution in [0.3, 0.4) is 0 Å².